The van der Waals surface area contributed by atoms with Gasteiger partial charge >= 0.3 is 0 Å². The van der Waals surface area contributed by atoms with Crippen molar-refractivity contribution in [3.8, 4) is 0 Å². The Morgan fingerprint density at radius 2 is 1.87 bits per heavy atom. The number of amides is 1. The third-order valence-electron chi connectivity index (χ3n) is 4.79. The molecule has 0 aliphatic heterocycles. The van der Waals surface area contributed by atoms with Crippen LogP contribution in [0.5, 0.6) is 0 Å². The fourth-order valence-corrected chi connectivity index (χ4v) is 3.95. The second-order valence-electron chi connectivity index (χ2n) is 7.36. The van der Waals surface area contributed by atoms with Crippen molar-refractivity contribution in [1.29, 1.82) is 0 Å². The average Bonchev–Trinajstić information content (AvgIpc) is 2.83. The first-order valence-electron chi connectivity index (χ1n) is 7.67. The van der Waals surface area contributed by atoms with Crippen LogP contribution in [0, 0.1) is 5.41 Å². The molecule has 0 radical (unpaired) electrons. The van der Waals surface area contributed by atoms with E-state index < -0.39 is 11.0 Å². The highest BCUT2D eigenvalue weighted by atomic mass is 32.1. The SMILES string of the molecule is CC(C)(NC(=O)C1(c2ccccc2)CC1(C)C)c1nnc(N)s1. The van der Waals surface area contributed by atoms with Gasteiger partial charge in [0.15, 0.2) is 0 Å². The lowest BCUT2D eigenvalue weighted by Crippen LogP contribution is -2.47. The second-order valence-corrected chi connectivity index (χ2v) is 8.37. The van der Waals surface area contributed by atoms with Crippen molar-refractivity contribution in [1.82, 2.24) is 15.5 Å². The maximum Gasteiger partial charge on any atom is 0.231 e. The van der Waals surface area contributed by atoms with E-state index in [1.54, 1.807) is 0 Å². The van der Waals surface area contributed by atoms with Crippen molar-refractivity contribution >= 4 is 22.4 Å². The molecule has 0 bridgehead atoms. The summed E-state index contributed by atoms with van der Waals surface area (Å²) in [4.78, 5) is 13.2. The Labute approximate surface area is 140 Å². The normalized spacial score (nSPS) is 22.6. The van der Waals surface area contributed by atoms with Crippen LogP contribution in [-0.4, -0.2) is 16.1 Å². The maximum absolute atomic E-state index is 13.2. The molecule has 3 rings (SSSR count). The van der Waals surface area contributed by atoms with Crippen molar-refractivity contribution in [2.75, 3.05) is 5.73 Å². The minimum Gasteiger partial charge on any atom is -0.374 e. The first-order chi connectivity index (χ1) is 10.7. The van der Waals surface area contributed by atoms with Crippen LogP contribution in [0.25, 0.3) is 0 Å². The zero-order valence-corrected chi connectivity index (χ0v) is 14.7. The molecule has 1 unspecified atom stereocenters. The fraction of sp³-hybridized carbons (Fsp3) is 0.471. The van der Waals surface area contributed by atoms with Crippen LogP contribution in [0.1, 0.15) is 44.7 Å². The van der Waals surface area contributed by atoms with Crippen LogP contribution < -0.4 is 11.1 Å². The average molecular weight is 330 g/mol. The van der Waals surface area contributed by atoms with Gasteiger partial charge in [-0.1, -0.05) is 55.5 Å². The van der Waals surface area contributed by atoms with Gasteiger partial charge in [0, 0.05) is 0 Å². The summed E-state index contributed by atoms with van der Waals surface area (Å²) in [7, 11) is 0. The number of aromatic nitrogens is 2. The van der Waals surface area contributed by atoms with Crippen LogP contribution in [0.15, 0.2) is 30.3 Å². The van der Waals surface area contributed by atoms with Gasteiger partial charge in [-0.05, 0) is 31.2 Å². The summed E-state index contributed by atoms with van der Waals surface area (Å²) in [5.74, 6) is 0.0347. The Morgan fingerprint density at radius 3 is 2.35 bits per heavy atom. The van der Waals surface area contributed by atoms with E-state index in [-0.39, 0.29) is 11.3 Å². The lowest BCUT2D eigenvalue weighted by Gasteiger charge is -2.28. The quantitative estimate of drug-likeness (QED) is 0.903. The van der Waals surface area contributed by atoms with Crippen molar-refractivity contribution in [2.45, 2.75) is 45.1 Å². The minimum atomic E-state index is -0.604. The zero-order chi connectivity index (χ0) is 16.9. The molecule has 1 aromatic carbocycles. The van der Waals surface area contributed by atoms with Gasteiger partial charge in [-0.3, -0.25) is 4.79 Å². The lowest BCUT2D eigenvalue weighted by atomic mass is 9.86. The molecule has 1 aromatic heterocycles. The molecule has 5 nitrogen and oxygen atoms in total. The second kappa shape index (κ2) is 5.03. The van der Waals surface area contributed by atoms with Gasteiger partial charge < -0.3 is 11.1 Å². The number of nitrogens with zero attached hydrogens (tertiary/aromatic N) is 2. The molecule has 1 heterocycles. The highest BCUT2D eigenvalue weighted by Crippen LogP contribution is 2.64. The Hall–Kier alpha value is -1.95. The van der Waals surface area contributed by atoms with Crippen molar-refractivity contribution in [3.63, 3.8) is 0 Å². The predicted octanol–water partition coefficient (Wildman–Crippen LogP) is 2.84. The minimum absolute atomic E-state index is 0.0347. The molecule has 3 N–H and O–H groups in total. The molecule has 1 saturated carbocycles. The fourth-order valence-electron chi connectivity index (χ4n) is 3.28. The molecule has 6 heteroatoms. The smallest absolute Gasteiger partial charge is 0.231 e. The molecule has 2 aromatic rings. The third kappa shape index (κ3) is 2.51. The van der Waals surface area contributed by atoms with Gasteiger partial charge in [-0.15, -0.1) is 10.2 Å². The standard InChI is InChI=1S/C17H22N4OS/c1-15(2)10-17(15,11-8-6-5-7-9-11)12(22)19-16(3,4)13-20-21-14(18)23-13/h5-9H,10H2,1-4H3,(H2,18,21)(H,19,22). The van der Waals surface area contributed by atoms with Crippen LogP contribution in [-0.2, 0) is 15.7 Å². The highest BCUT2D eigenvalue weighted by Gasteiger charge is 2.67. The van der Waals surface area contributed by atoms with Gasteiger partial charge in [0.1, 0.15) is 5.01 Å². The largest absolute Gasteiger partial charge is 0.374 e. The number of benzene rings is 1. The summed E-state index contributed by atoms with van der Waals surface area (Å²) >= 11 is 1.30. The van der Waals surface area contributed by atoms with E-state index in [2.05, 4.69) is 29.4 Å². The summed E-state index contributed by atoms with van der Waals surface area (Å²) < 4.78 is 0. The molecule has 23 heavy (non-hydrogen) atoms. The number of hydrogen-bond donors (Lipinski definition) is 2. The summed E-state index contributed by atoms with van der Waals surface area (Å²) in [6, 6.07) is 10.00. The number of anilines is 1. The van der Waals surface area contributed by atoms with E-state index in [1.165, 1.54) is 11.3 Å². The first-order valence-corrected chi connectivity index (χ1v) is 8.48. The number of nitrogens with two attached hydrogens (primary N) is 1. The van der Waals surface area contributed by atoms with E-state index in [0.717, 1.165) is 12.0 Å². The summed E-state index contributed by atoms with van der Waals surface area (Å²) in [5, 5.41) is 12.2. The Bertz CT molecular complexity index is 738. The molecule has 0 spiro atoms. The van der Waals surface area contributed by atoms with Gasteiger partial charge in [0.2, 0.25) is 11.0 Å². The summed E-state index contributed by atoms with van der Waals surface area (Å²) in [5.41, 5.74) is 5.59. The van der Waals surface area contributed by atoms with Crippen LogP contribution >= 0.6 is 11.3 Å². The van der Waals surface area contributed by atoms with E-state index in [4.69, 9.17) is 5.73 Å². The van der Waals surface area contributed by atoms with Gasteiger partial charge in [0.25, 0.3) is 0 Å². The molecule has 1 fully saturated rings. The van der Waals surface area contributed by atoms with E-state index in [1.807, 2.05) is 44.2 Å². The molecule has 122 valence electrons. The van der Waals surface area contributed by atoms with Gasteiger partial charge in [0.05, 0.1) is 11.0 Å². The van der Waals surface area contributed by atoms with Crippen molar-refractivity contribution < 1.29 is 4.79 Å². The zero-order valence-electron chi connectivity index (χ0n) is 13.9. The Morgan fingerprint density at radius 1 is 1.26 bits per heavy atom. The number of nitrogens with one attached hydrogen (secondary N) is 1. The topological polar surface area (TPSA) is 80.9 Å². The monoisotopic (exact) mass is 330 g/mol. The number of rotatable bonds is 4. The van der Waals surface area contributed by atoms with Gasteiger partial charge in [-0.25, -0.2) is 0 Å². The number of carbonyl (C=O) groups is 1. The lowest BCUT2D eigenvalue weighted by molar-refractivity contribution is -0.126. The van der Waals surface area contributed by atoms with E-state index >= 15 is 0 Å². The first kappa shape index (κ1) is 15.9. The number of hydrogen-bond acceptors (Lipinski definition) is 5. The van der Waals surface area contributed by atoms with Crippen molar-refractivity contribution in [2.24, 2.45) is 5.41 Å². The van der Waals surface area contributed by atoms with Crippen LogP contribution in [0.4, 0.5) is 5.13 Å². The molecule has 1 aliphatic carbocycles. The van der Waals surface area contributed by atoms with Crippen LogP contribution in [0.2, 0.25) is 0 Å². The molecular weight excluding hydrogens is 308 g/mol. The summed E-state index contributed by atoms with van der Waals surface area (Å²) in [6.07, 6.45) is 0.837. The molecule has 1 aliphatic rings. The molecule has 1 amide bonds. The molecule has 1 atom stereocenters. The van der Waals surface area contributed by atoms with Gasteiger partial charge in [-0.2, -0.15) is 0 Å². The Kier molecular flexibility index (Phi) is 3.48. The maximum atomic E-state index is 13.2. The molecular formula is C17H22N4OS. The Balaban J connectivity index is 1.90. The van der Waals surface area contributed by atoms with E-state index in [0.29, 0.717) is 10.1 Å². The van der Waals surface area contributed by atoms with Crippen LogP contribution in [0.3, 0.4) is 0 Å². The number of carbonyl (C=O) groups excluding carboxylic acids is 1. The predicted molar refractivity (Wildman–Crippen MR) is 92.0 cm³/mol. The van der Waals surface area contributed by atoms with E-state index in [9.17, 15) is 4.79 Å². The van der Waals surface area contributed by atoms with Crippen molar-refractivity contribution in [3.05, 3.63) is 40.9 Å². The summed E-state index contributed by atoms with van der Waals surface area (Å²) in [6.45, 7) is 8.13. The highest BCUT2D eigenvalue weighted by molar-refractivity contribution is 7.15. The number of nitrogen functional groups attached to an aromatic ring is 1. The molecule has 0 saturated heterocycles. The third-order valence-corrected chi connectivity index (χ3v) is 5.87.